The molecule has 0 unspecified atom stereocenters. The third-order valence-corrected chi connectivity index (χ3v) is 3.99. The molecule has 0 aliphatic heterocycles. The molecule has 0 heterocycles. The molecule has 1 aliphatic rings. The van der Waals surface area contributed by atoms with Crippen LogP contribution >= 0.6 is 0 Å². The Labute approximate surface area is 135 Å². The average molecular weight is 289 g/mol. The van der Waals surface area contributed by atoms with Gasteiger partial charge in [-0.3, -0.25) is 0 Å². The minimum Gasteiger partial charge on any atom is -0.103 e. The lowest BCUT2D eigenvalue weighted by atomic mass is 9.90. The zero-order valence-corrected chi connectivity index (χ0v) is 13.2. The summed E-state index contributed by atoms with van der Waals surface area (Å²) in [5, 5.41) is 0. The number of rotatable bonds is 3. The zero-order chi connectivity index (χ0) is 15.5. The second kappa shape index (κ2) is 9.78. The van der Waals surface area contributed by atoms with Crippen molar-refractivity contribution >= 4 is 12.2 Å². The molecule has 1 radical (unpaired) electrons. The molecule has 0 nitrogen and oxygen atoms in total. The van der Waals surface area contributed by atoms with Gasteiger partial charge in [0.1, 0.15) is 0 Å². The standard InChI is InChI=1S/C14H11.C8H14/c1-3-7-13(8-4-1)11-12-14-9-5-2-6-10-14;1-2-8-6-4-3-5-7-8/h1,3-12H;2,8H,1,3-7H2. The van der Waals surface area contributed by atoms with Crippen molar-refractivity contribution in [2.75, 3.05) is 0 Å². The highest BCUT2D eigenvalue weighted by atomic mass is 14.1. The fourth-order valence-electron chi connectivity index (χ4n) is 2.64. The van der Waals surface area contributed by atoms with Crippen LogP contribution in [-0.2, 0) is 0 Å². The molecule has 0 amide bonds. The van der Waals surface area contributed by atoms with Gasteiger partial charge in [0.15, 0.2) is 0 Å². The van der Waals surface area contributed by atoms with Gasteiger partial charge in [0.2, 0.25) is 0 Å². The van der Waals surface area contributed by atoms with Crippen LogP contribution in [0.25, 0.3) is 12.2 Å². The highest BCUT2D eigenvalue weighted by molar-refractivity contribution is 5.69. The minimum absolute atomic E-state index is 0.851. The van der Waals surface area contributed by atoms with Gasteiger partial charge in [-0.05, 0) is 36.0 Å². The lowest BCUT2D eigenvalue weighted by Gasteiger charge is -2.16. The molecule has 113 valence electrons. The fourth-order valence-corrected chi connectivity index (χ4v) is 2.64. The molecule has 0 atom stereocenters. The second-order valence-corrected chi connectivity index (χ2v) is 5.71. The molecule has 0 spiro atoms. The van der Waals surface area contributed by atoms with Gasteiger partial charge < -0.3 is 0 Å². The summed E-state index contributed by atoms with van der Waals surface area (Å²) < 4.78 is 0. The molecule has 0 bridgehead atoms. The van der Waals surface area contributed by atoms with E-state index in [2.05, 4.69) is 43.0 Å². The summed E-state index contributed by atoms with van der Waals surface area (Å²) in [5.41, 5.74) is 2.42. The van der Waals surface area contributed by atoms with Crippen LogP contribution in [0.5, 0.6) is 0 Å². The number of benzene rings is 2. The fraction of sp³-hybridized carbons (Fsp3) is 0.273. The van der Waals surface area contributed by atoms with Crippen molar-refractivity contribution < 1.29 is 0 Å². The van der Waals surface area contributed by atoms with E-state index in [0.29, 0.717) is 0 Å². The van der Waals surface area contributed by atoms with Crippen molar-refractivity contribution in [1.82, 2.24) is 0 Å². The predicted molar refractivity (Wildman–Crippen MR) is 97.4 cm³/mol. The first-order valence-corrected chi connectivity index (χ1v) is 8.20. The Morgan fingerprint density at radius 3 is 1.95 bits per heavy atom. The van der Waals surface area contributed by atoms with Crippen molar-refractivity contribution in [1.29, 1.82) is 0 Å². The van der Waals surface area contributed by atoms with Gasteiger partial charge in [-0.25, -0.2) is 0 Å². The van der Waals surface area contributed by atoms with E-state index in [-0.39, 0.29) is 0 Å². The van der Waals surface area contributed by atoms with E-state index in [0.717, 1.165) is 5.92 Å². The topological polar surface area (TPSA) is 0 Å². The molecule has 1 saturated carbocycles. The molecule has 1 fully saturated rings. The second-order valence-electron chi connectivity index (χ2n) is 5.71. The Morgan fingerprint density at radius 2 is 1.41 bits per heavy atom. The highest BCUT2D eigenvalue weighted by Crippen LogP contribution is 2.23. The molecule has 3 rings (SSSR count). The Morgan fingerprint density at radius 1 is 0.818 bits per heavy atom. The van der Waals surface area contributed by atoms with Crippen molar-refractivity contribution in [3.05, 3.63) is 84.4 Å². The third-order valence-electron chi connectivity index (χ3n) is 3.99. The summed E-state index contributed by atoms with van der Waals surface area (Å²) in [7, 11) is 0. The van der Waals surface area contributed by atoms with Crippen molar-refractivity contribution in [2.24, 2.45) is 5.92 Å². The minimum atomic E-state index is 0.851. The summed E-state index contributed by atoms with van der Waals surface area (Å²) in [5.74, 6) is 0.851. The van der Waals surface area contributed by atoms with E-state index < -0.39 is 0 Å². The molecule has 1 aliphatic carbocycles. The van der Waals surface area contributed by atoms with E-state index in [1.807, 2.05) is 42.5 Å². The summed E-state index contributed by atoms with van der Waals surface area (Å²) >= 11 is 0. The van der Waals surface area contributed by atoms with E-state index in [1.54, 1.807) is 0 Å². The molecular weight excluding hydrogens is 264 g/mol. The van der Waals surface area contributed by atoms with E-state index >= 15 is 0 Å². The van der Waals surface area contributed by atoms with Crippen LogP contribution in [0.1, 0.15) is 43.2 Å². The molecule has 22 heavy (non-hydrogen) atoms. The van der Waals surface area contributed by atoms with Crippen LogP contribution in [0, 0.1) is 12.0 Å². The quantitative estimate of drug-likeness (QED) is 0.452. The van der Waals surface area contributed by atoms with Gasteiger partial charge in [0.25, 0.3) is 0 Å². The molecule has 0 saturated heterocycles. The van der Waals surface area contributed by atoms with E-state index in [4.69, 9.17) is 0 Å². The first-order chi connectivity index (χ1) is 10.9. The number of hydrogen-bond acceptors (Lipinski definition) is 0. The Bertz CT molecular complexity index is 504. The first kappa shape index (κ1) is 16.3. The highest BCUT2D eigenvalue weighted by Gasteiger charge is 2.07. The summed E-state index contributed by atoms with van der Waals surface area (Å²) in [6, 6.07) is 21.2. The maximum atomic E-state index is 3.78. The molecule has 0 N–H and O–H groups in total. The van der Waals surface area contributed by atoms with Gasteiger partial charge in [-0.2, -0.15) is 0 Å². The largest absolute Gasteiger partial charge is 0.103 e. The SMILES string of the molecule is C=CC1CCCCC1.[c]1ccc(C=Cc2ccccc2)cc1. The molecular formula is C22H25. The summed E-state index contributed by atoms with van der Waals surface area (Å²) in [6.07, 6.45) is 13.4. The van der Waals surface area contributed by atoms with Crippen LogP contribution in [0.3, 0.4) is 0 Å². The summed E-state index contributed by atoms with van der Waals surface area (Å²) in [4.78, 5) is 0. The van der Waals surface area contributed by atoms with Gasteiger partial charge in [-0.1, -0.05) is 92.1 Å². The van der Waals surface area contributed by atoms with Gasteiger partial charge >= 0.3 is 0 Å². The third kappa shape index (κ3) is 6.13. The van der Waals surface area contributed by atoms with Crippen LogP contribution in [0.15, 0.2) is 67.3 Å². The Balaban J connectivity index is 0.000000188. The molecule has 2 aromatic rings. The Hall–Kier alpha value is -2.08. The molecule has 2 aromatic carbocycles. The Kier molecular flexibility index (Phi) is 7.25. The normalized spacial score (nSPS) is 15.1. The van der Waals surface area contributed by atoms with Crippen LogP contribution < -0.4 is 0 Å². The first-order valence-electron chi connectivity index (χ1n) is 8.20. The van der Waals surface area contributed by atoms with E-state index in [1.165, 1.54) is 43.2 Å². The lowest BCUT2D eigenvalue weighted by Crippen LogP contribution is -2.01. The van der Waals surface area contributed by atoms with Gasteiger partial charge in [0.05, 0.1) is 0 Å². The van der Waals surface area contributed by atoms with Crippen molar-refractivity contribution in [3.8, 4) is 0 Å². The van der Waals surface area contributed by atoms with Crippen molar-refractivity contribution in [3.63, 3.8) is 0 Å². The van der Waals surface area contributed by atoms with Crippen LogP contribution in [-0.4, -0.2) is 0 Å². The predicted octanol–water partition coefficient (Wildman–Crippen LogP) is 6.41. The molecule has 0 heteroatoms. The average Bonchev–Trinajstić information content (AvgIpc) is 2.63. The van der Waals surface area contributed by atoms with Crippen LogP contribution in [0.2, 0.25) is 0 Å². The van der Waals surface area contributed by atoms with Crippen LogP contribution in [0.4, 0.5) is 0 Å². The maximum Gasteiger partial charge on any atom is -0.0184 e. The lowest BCUT2D eigenvalue weighted by molar-refractivity contribution is 0.420. The monoisotopic (exact) mass is 289 g/mol. The maximum absolute atomic E-state index is 3.78. The molecule has 0 aromatic heterocycles. The number of hydrogen-bond donors (Lipinski definition) is 0. The van der Waals surface area contributed by atoms with Crippen molar-refractivity contribution in [2.45, 2.75) is 32.1 Å². The number of allylic oxidation sites excluding steroid dienone is 1. The van der Waals surface area contributed by atoms with Gasteiger partial charge in [0, 0.05) is 0 Å². The van der Waals surface area contributed by atoms with Gasteiger partial charge in [-0.15, -0.1) is 6.58 Å². The smallest absolute Gasteiger partial charge is 0.0184 e. The van der Waals surface area contributed by atoms with E-state index in [9.17, 15) is 0 Å². The zero-order valence-electron chi connectivity index (χ0n) is 13.2. The summed E-state index contributed by atoms with van der Waals surface area (Å²) in [6.45, 7) is 3.78.